The van der Waals surface area contributed by atoms with Crippen molar-refractivity contribution < 1.29 is 9.53 Å². The number of carbonyl (C=O) groups is 1. The summed E-state index contributed by atoms with van der Waals surface area (Å²) in [6.45, 7) is 2.85. The molecule has 1 N–H and O–H groups in total. The van der Waals surface area contributed by atoms with Crippen LogP contribution < -0.4 is 15.0 Å². The molecule has 3 aromatic rings. The minimum atomic E-state index is -0.214. The molecule has 0 bridgehead atoms. The van der Waals surface area contributed by atoms with E-state index >= 15 is 0 Å². The predicted molar refractivity (Wildman–Crippen MR) is 116 cm³/mol. The van der Waals surface area contributed by atoms with Gasteiger partial charge < -0.3 is 15.0 Å². The molecule has 0 spiro atoms. The van der Waals surface area contributed by atoms with Gasteiger partial charge in [0.05, 0.1) is 7.11 Å². The van der Waals surface area contributed by atoms with Gasteiger partial charge in [-0.25, -0.2) is 4.98 Å². The van der Waals surface area contributed by atoms with E-state index < -0.39 is 0 Å². The van der Waals surface area contributed by atoms with Gasteiger partial charge in [-0.1, -0.05) is 29.8 Å². The van der Waals surface area contributed by atoms with Gasteiger partial charge in [0.1, 0.15) is 17.6 Å². The first-order valence-electron chi connectivity index (χ1n) is 9.72. The molecular formula is C22H24N4O2S. The van der Waals surface area contributed by atoms with E-state index in [1.807, 2.05) is 55.5 Å². The van der Waals surface area contributed by atoms with Crippen molar-refractivity contribution in [1.29, 1.82) is 0 Å². The fraction of sp³-hybridized carbons (Fsp3) is 0.318. The van der Waals surface area contributed by atoms with Crippen molar-refractivity contribution in [3.05, 3.63) is 65.5 Å². The molecule has 1 fully saturated rings. The molecule has 1 atom stereocenters. The van der Waals surface area contributed by atoms with Crippen LogP contribution in [0.4, 0.5) is 10.8 Å². The molecule has 6 nitrogen and oxygen atoms in total. The lowest BCUT2D eigenvalue weighted by Crippen LogP contribution is -2.39. The Morgan fingerprint density at radius 3 is 2.90 bits per heavy atom. The highest BCUT2D eigenvalue weighted by Crippen LogP contribution is 2.28. The van der Waals surface area contributed by atoms with E-state index in [-0.39, 0.29) is 11.9 Å². The Balaban J connectivity index is 1.44. The van der Waals surface area contributed by atoms with Crippen molar-refractivity contribution in [3.8, 4) is 5.75 Å². The fourth-order valence-corrected chi connectivity index (χ4v) is 4.29. The maximum Gasteiger partial charge on any atom is 0.247 e. The lowest BCUT2D eigenvalue weighted by atomic mass is 10.1. The maximum atomic E-state index is 12.8. The largest absolute Gasteiger partial charge is 0.497 e. The Bertz CT molecular complexity index is 986. The number of aryl methyl sites for hydroxylation is 1. The van der Waals surface area contributed by atoms with Crippen LogP contribution in [0.2, 0.25) is 0 Å². The van der Waals surface area contributed by atoms with Gasteiger partial charge in [0.2, 0.25) is 11.0 Å². The van der Waals surface area contributed by atoms with Crippen LogP contribution >= 0.6 is 11.5 Å². The van der Waals surface area contributed by atoms with Gasteiger partial charge in [-0.3, -0.25) is 4.79 Å². The summed E-state index contributed by atoms with van der Waals surface area (Å²) in [5, 5.41) is 3.84. The third kappa shape index (κ3) is 4.56. The molecule has 2 heterocycles. The number of hydrogen-bond donors (Lipinski definition) is 1. The number of anilines is 2. The molecule has 1 aromatic heterocycles. The number of ether oxygens (including phenoxy) is 1. The Labute approximate surface area is 174 Å². The molecule has 1 saturated heterocycles. The highest BCUT2D eigenvalue weighted by atomic mass is 32.1. The van der Waals surface area contributed by atoms with Crippen LogP contribution in [-0.4, -0.2) is 35.0 Å². The van der Waals surface area contributed by atoms with Gasteiger partial charge >= 0.3 is 0 Å². The normalized spacial score (nSPS) is 16.1. The molecule has 1 amide bonds. The first-order valence-corrected chi connectivity index (χ1v) is 10.5. The summed E-state index contributed by atoms with van der Waals surface area (Å²) in [5.41, 5.74) is 3.09. The van der Waals surface area contributed by atoms with Crippen LogP contribution in [0.25, 0.3) is 0 Å². The monoisotopic (exact) mass is 408 g/mol. The number of benzene rings is 2. The van der Waals surface area contributed by atoms with Crippen molar-refractivity contribution in [3.63, 3.8) is 0 Å². The van der Waals surface area contributed by atoms with Crippen LogP contribution in [0.3, 0.4) is 0 Å². The number of aromatic nitrogens is 2. The topological polar surface area (TPSA) is 67.3 Å². The predicted octanol–water partition coefficient (Wildman–Crippen LogP) is 4.05. The number of nitrogens with one attached hydrogen (secondary N) is 1. The molecular weight excluding hydrogens is 384 g/mol. The zero-order valence-corrected chi connectivity index (χ0v) is 17.4. The zero-order chi connectivity index (χ0) is 20.2. The van der Waals surface area contributed by atoms with Crippen molar-refractivity contribution in [1.82, 2.24) is 9.36 Å². The summed E-state index contributed by atoms with van der Waals surface area (Å²) in [7, 11) is 1.66. The van der Waals surface area contributed by atoms with E-state index in [9.17, 15) is 4.79 Å². The molecule has 29 heavy (non-hydrogen) atoms. The second kappa shape index (κ2) is 8.61. The minimum absolute atomic E-state index is 0.0101. The number of methoxy groups -OCH3 is 1. The van der Waals surface area contributed by atoms with Crippen LogP contribution in [0.1, 0.15) is 29.8 Å². The standard InChI is InChI=1S/C22H24N4O2S/c1-15-8-10-17(11-9-15)23-21(27)19-7-4-12-26(19)22-24-20(25-29-22)14-16-5-3-6-18(13-16)28-2/h3,5-6,8-11,13,19H,4,7,12,14H2,1-2H3,(H,23,27). The number of rotatable bonds is 6. The molecule has 4 rings (SSSR count). The van der Waals surface area contributed by atoms with E-state index in [4.69, 9.17) is 9.72 Å². The maximum absolute atomic E-state index is 12.8. The smallest absolute Gasteiger partial charge is 0.247 e. The molecule has 7 heteroatoms. The van der Waals surface area contributed by atoms with Gasteiger partial charge in [-0.15, -0.1) is 0 Å². The summed E-state index contributed by atoms with van der Waals surface area (Å²) in [5.74, 6) is 1.60. The van der Waals surface area contributed by atoms with Crippen LogP contribution in [0, 0.1) is 6.92 Å². The zero-order valence-electron chi connectivity index (χ0n) is 16.6. The summed E-state index contributed by atoms with van der Waals surface area (Å²) < 4.78 is 9.80. The quantitative estimate of drug-likeness (QED) is 0.666. The van der Waals surface area contributed by atoms with E-state index in [0.29, 0.717) is 6.42 Å². The number of amides is 1. The number of nitrogens with zero attached hydrogens (tertiary/aromatic N) is 3. The van der Waals surface area contributed by atoms with Gasteiger partial charge in [0.25, 0.3) is 0 Å². The molecule has 1 aliphatic heterocycles. The van der Waals surface area contributed by atoms with E-state index in [0.717, 1.165) is 47.3 Å². The summed E-state index contributed by atoms with van der Waals surface area (Å²) in [6.07, 6.45) is 2.43. The number of hydrogen-bond acceptors (Lipinski definition) is 6. The first kappa shape index (κ1) is 19.4. The molecule has 0 aliphatic carbocycles. The molecule has 2 aromatic carbocycles. The Hall–Kier alpha value is -2.93. The number of carbonyl (C=O) groups excluding carboxylic acids is 1. The lowest BCUT2D eigenvalue weighted by Gasteiger charge is -2.22. The summed E-state index contributed by atoms with van der Waals surface area (Å²) in [6, 6.07) is 15.6. The van der Waals surface area contributed by atoms with E-state index in [1.165, 1.54) is 17.1 Å². The second-order valence-corrected chi connectivity index (χ2v) is 7.96. The van der Waals surface area contributed by atoms with Crippen molar-refractivity contribution in [2.24, 2.45) is 0 Å². The third-order valence-corrected chi connectivity index (χ3v) is 5.87. The molecule has 1 unspecified atom stereocenters. The van der Waals surface area contributed by atoms with Gasteiger partial charge in [0, 0.05) is 30.2 Å². The fourth-order valence-electron chi connectivity index (χ4n) is 3.53. The SMILES string of the molecule is COc1cccc(Cc2nsc(N3CCCC3C(=O)Nc3ccc(C)cc3)n2)c1. The Morgan fingerprint density at radius 2 is 2.10 bits per heavy atom. The average Bonchev–Trinajstić information content (AvgIpc) is 3.39. The van der Waals surface area contributed by atoms with Crippen molar-refractivity contribution in [2.75, 3.05) is 23.9 Å². The highest BCUT2D eigenvalue weighted by molar-refractivity contribution is 7.09. The summed E-state index contributed by atoms with van der Waals surface area (Å²) in [4.78, 5) is 19.6. The third-order valence-electron chi connectivity index (χ3n) is 5.07. The van der Waals surface area contributed by atoms with Crippen molar-refractivity contribution >= 4 is 28.3 Å². The van der Waals surface area contributed by atoms with Crippen LogP contribution in [0.5, 0.6) is 5.75 Å². The minimum Gasteiger partial charge on any atom is -0.497 e. The highest BCUT2D eigenvalue weighted by Gasteiger charge is 2.33. The summed E-state index contributed by atoms with van der Waals surface area (Å²) >= 11 is 1.36. The average molecular weight is 409 g/mol. The molecule has 0 radical (unpaired) electrons. The first-order chi connectivity index (χ1) is 14.1. The molecule has 1 aliphatic rings. The lowest BCUT2D eigenvalue weighted by molar-refractivity contribution is -0.117. The molecule has 150 valence electrons. The van der Waals surface area contributed by atoms with Crippen LogP contribution in [0.15, 0.2) is 48.5 Å². The van der Waals surface area contributed by atoms with Crippen LogP contribution in [-0.2, 0) is 11.2 Å². The Kier molecular flexibility index (Phi) is 5.76. The van der Waals surface area contributed by atoms with Gasteiger partial charge in [0.15, 0.2) is 0 Å². The van der Waals surface area contributed by atoms with E-state index in [2.05, 4.69) is 14.6 Å². The van der Waals surface area contributed by atoms with Gasteiger partial charge in [-0.2, -0.15) is 4.37 Å². The Morgan fingerprint density at radius 1 is 1.28 bits per heavy atom. The van der Waals surface area contributed by atoms with Gasteiger partial charge in [-0.05, 0) is 49.6 Å². The van der Waals surface area contributed by atoms with Crippen molar-refractivity contribution in [2.45, 2.75) is 32.2 Å². The molecule has 0 saturated carbocycles. The second-order valence-electron chi connectivity index (χ2n) is 7.23. The van der Waals surface area contributed by atoms with E-state index in [1.54, 1.807) is 7.11 Å².